The van der Waals surface area contributed by atoms with Gasteiger partial charge in [-0.2, -0.15) is 5.10 Å². The molecule has 2 atom stereocenters. The minimum atomic E-state index is 0.308. The Balaban J connectivity index is 2.20. The quantitative estimate of drug-likeness (QED) is 0.913. The molecule has 0 fully saturated rings. The summed E-state index contributed by atoms with van der Waals surface area (Å²) >= 11 is 6.35. The second kappa shape index (κ2) is 6.42. The van der Waals surface area contributed by atoms with Gasteiger partial charge in [-0.25, -0.2) is 0 Å². The van der Waals surface area contributed by atoms with E-state index >= 15 is 0 Å². The lowest BCUT2D eigenvalue weighted by molar-refractivity contribution is 0.400. The van der Waals surface area contributed by atoms with E-state index in [1.165, 1.54) is 5.56 Å². The van der Waals surface area contributed by atoms with Gasteiger partial charge in [-0.05, 0) is 31.9 Å². The summed E-state index contributed by atoms with van der Waals surface area (Å²) in [5.74, 6) is 0.426. The van der Waals surface area contributed by atoms with E-state index in [-0.39, 0.29) is 0 Å². The van der Waals surface area contributed by atoms with Crippen molar-refractivity contribution in [2.75, 3.05) is 7.05 Å². The summed E-state index contributed by atoms with van der Waals surface area (Å²) in [7, 11) is 3.96. The van der Waals surface area contributed by atoms with Gasteiger partial charge in [0.05, 0.1) is 16.4 Å². The minimum absolute atomic E-state index is 0.308. The van der Waals surface area contributed by atoms with E-state index < -0.39 is 0 Å². The first-order chi connectivity index (χ1) is 9.54. The summed E-state index contributed by atoms with van der Waals surface area (Å²) in [6.07, 6.45) is 0.899. The number of aryl methyl sites for hydroxylation is 2. The first kappa shape index (κ1) is 15.1. The second-order valence-electron chi connectivity index (χ2n) is 5.33. The van der Waals surface area contributed by atoms with Gasteiger partial charge in [0, 0.05) is 13.1 Å². The molecule has 4 heteroatoms. The molecule has 0 aliphatic rings. The molecule has 0 aliphatic carbocycles. The number of aromatic nitrogens is 2. The first-order valence-corrected chi connectivity index (χ1v) is 7.32. The van der Waals surface area contributed by atoms with Crippen LogP contribution in [0.2, 0.25) is 5.02 Å². The summed E-state index contributed by atoms with van der Waals surface area (Å²) in [6, 6.07) is 10.8. The number of hydrogen-bond acceptors (Lipinski definition) is 2. The van der Waals surface area contributed by atoms with Gasteiger partial charge >= 0.3 is 0 Å². The molecule has 108 valence electrons. The Morgan fingerprint density at radius 2 is 1.95 bits per heavy atom. The SMILES string of the molecule is CNC(c1ccccc1)C(C)Cc1c(Cl)c(C)nn1C. The smallest absolute Gasteiger partial charge is 0.0847 e. The number of rotatable bonds is 5. The molecule has 3 nitrogen and oxygen atoms in total. The maximum Gasteiger partial charge on any atom is 0.0847 e. The van der Waals surface area contributed by atoms with Crippen molar-refractivity contribution in [1.29, 1.82) is 0 Å². The Labute approximate surface area is 126 Å². The van der Waals surface area contributed by atoms with Crippen LogP contribution in [0.1, 0.15) is 29.9 Å². The third-order valence-corrected chi connectivity index (χ3v) is 4.31. The van der Waals surface area contributed by atoms with Gasteiger partial charge in [-0.15, -0.1) is 0 Å². The van der Waals surface area contributed by atoms with Crippen LogP contribution in [0.4, 0.5) is 0 Å². The van der Waals surface area contributed by atoms with Crippen molar-refractivity contribution in [2.45, 2.75) is 26.3 Å². The number of benzene rings is 1. The van der Waals surface area contributed by atoms with Crippen LogP contribution in [-0.2, 0) is 13.5 Å². The molecule has 0 bridgehead atoms. The topological polar surface area (TPSA) is 29.9 Å². The standard InChI is InChI=1S/C16H22ClN3/c1-11(10-14-15(17)12(2)19-20(14)4)16(18-3)13-8-6-5-7-9-13/h5-9,11,16,18H,10H2,1-4H3. The number of nitrogens with one attached hydrogen (secondary N) is 1. The molecule has 0 amide bonds. The van der Waals surface area contributed by atoms with E-state index in [0.29, 0.717) is 12.0 Å². The lowest BCUT2D eigenvalue weighted by Gasteiger charge is -2.24. The van der Waals surface area contributed by atoms with Crippen molar-refractivity contribution in [3.05, 3.63) is 52.3 Å². The van der Waals surface area contributed by atoms with Crippen molar-refractivity contribution in [1.82, 2.24) is 15.1 Å². The number of hydrogen-bond donors (Lipinski definition) is 1. The largest absolute Gasteiger partial charge is 0.313 e. The molecular formula is C16H22ClN3. The van der Waals surface area contributed by atoms with Crippen LogP contribution in [-0.4, -0.2) is 16.8 Å². The zero-order valence-electron chi connectivity index (χ0n) is 12.5. The zero-order valence-corrected chi connectivity index (χ0v) is 13.3. The summed E-state index contributed by atoms with van der Waals surface area (Å²) in [5, 5.41) is 8.59. The van der Waals surface area contributed by atoms with Crippen LogP contribution in [0.15, 0.2) is 30.3 Å². The number of nitrogens with zero attached hydrogens (tertiary/aromatic N) is 2. The fraction of sp³-hybridized carbons (Fsp3) is 0.438. The lowest BCUT2D eigenvalue weighted by atomic mass is 9.91. The highest BCUT2D eigenvalue weighted by Crippen LogP contribution is 2.28. The molecule has 1 N–H and O–H groups in total. The molecule has 1 aromatic carbocycles. The molecule has 20 heavy (non-hydrogen) atoms. The van der Waals surface area contributed by atoms with Crippen LogP contribution in [0.3, 0.4) is 0 Å². The van der Waals surface area contributed by atoms with Gasteiger partial charge in [-0.1, -0.05) is 48.9 Å². The molecule has 0 saturated heterocycles. The van der Waals surface area contributed by atoms with E-state index in [4.69, 9.17) is 11.6 Å². The van der Waals surface area contributed by atoms with E-state index in [0.717, 1.165) is 22.8 Å². The highest BCUT2D eigenvalue weighted by Gasteiger charge is 2.21. The predicted octanol–water partition coefficient (Wildman–Crippen LogP) is 3.52. The first-order valence-electron chi connectivity index (χ1n) is 6.94. The molecule has 0 radical (unpaired) electrons. The molecule has 0 saturated carbocycles. The Bertz CT molecular complexity index is 563. The van der Waals surface area contributed by atoms with Crippen molar-refractivity contribution in [3.63, 3.8) is 0 Å². The van der Waals surface area contributed by atoms with Gasteiger partial charge < -0.3 is 5.32 Å². The maximum absolute atomic E-state index is 6.35. The van der Waals surface area contributed by atoms with Gasteiger partial charge in [0.25, 0.3) is 0 Å². The van der Waals surface area contributed by atoms with Crippen LogP contribution in [0, 0.1) is 12.8 Å². The van der Waals surface area contributed by atoms with Crippen molar-refractivity contribution >= 4 is 11.6 Å². The average molecular weight is 292 g/mol. The van der Waals surface area contributed by atoms with Crippen LogP contribution >= 0.6 is 11.6 Å². The summed E-state index contributed by atoms with van der Waals surface area (Å²) < 4.78 is 1.89. The van der Waals surface area contributed by atoms with E-state index in [1.807, 2.05) is 31.8 Å². The second-order valence-corrected chi connectivity index (χ2v) is 5.71. The average Bonchev–Trinajstić information content (AvgIpc) is 2.67. The van der Waals surface area contributed by atoms with Crippen LogP contribution < -0.4 is 5.32 Å². The Kier molecular flexibility index (Phi) is 4.84. The third kappa shape index (κ3) is 3.05. The number of halogens is 1. The van der Waals surface area contributed by atoms with Crippen LogP contribution in [0.25, 0.3) is 0 Å². The highest BCUT2D eigenvalue weighted by molar-refractivity contribution is 6.31. The molecule has 1 heterocycles. The van der Waals surface area contributed by atoms with Crippen LogP contribution in [0.5, 0.6) is 0 Å². The van der Waals surface area contributed by atoms with Gasteiger partial charge in [0.2, 0.25) is 0 Å². The molecule has 0 aliphatic heterocycles. The molecule has 2 unspecified atom stereocenters. The normalized spacial score (nSPS) is 14.2. The lowest BCUT2D eigenvalue weighted by Crippen LogP contribution is -2.25. The fourth-order valence-electron chi connectivity index (χ4n) is 2.76. The van der Waals surface area contributed by atoms with E-state index in [2.05, 4.69) is 41.6 Å². The Morgan fingerprint density at radius 1 is 1.30 bits per heavy atom. The van der Waals surface area contributed by atoms with E-state index in [9.17, 15) is 0 Å². The monoisotopic (exact) mass is 291 g/mol. The summed E-state index contributed by atoms with van der Waals surface area (Å²) in [6.45, 7) is 4.19. The van der Waals surface area contributed by atoms with Gasteiger partial charge in [-0.3, -0.25) is 4.68 Å². The van der Waals surface area contributed by atoms with Gasteiger partial charge in [0.1, 0.15) is 0 Å². The molecule has 0 spiro atoms. The summed E-state index contributed by atoms with van der Waals surface area (Å²) in [5.41, 5.74) is 3.31. The fourth-order valence-corrected chi connectivity index (χ4v) is 3.00. The van der Waals surface area contributed by atoms with Crippen molar-refractivity contribution in [3.8, 4) is 0 Å². The minimum Gasteiger partial charge on any atom is -0.313 e. The highest BCUT2D eigenvalue weighted by atomic mass is 35.5. The molecular weight excluding hydrogens is 270 g/mol. The maximum atomic E-state index is 6.35. The summed E-state index contributed by atoms with van der Waals surface area (Å²) in [4.78, 5) is 0. The Morgan fingerprint density at radius 3 is 2.45 bits per heavy atom. The van der Waals surface area contributed by atoms with Crippen molar-refractivity contribution < 1.29 is 0 Å². The van der Waals surface area contributed by atoms with Gasteiger partial charge in [0.15, 0.2) is 0 Å². The molecule has 2 aromatic rings. The Hall–Kier alpha value is -1.32. The van der Waals surface area contributed by atoms with E-state index in [1.54, 1.807) is 0 Å². The molecule has 1 aromatic heterocycles. The third-order valence-electron chi connectivity index (χ3n) is 3.82. The van der Waals surface area contributed by atoms with Crippen molar-refractivity contribution in [2.24, 2.45) is 13.0 Å². The molecule has 2 rings (SSSR count). The zero-order chi connectivity index (χ0) is 14.7. The predicted molar refractivity (Wildman–Crippen MR) is 84.1 cm³/mol.